The average molecular weight is 372 g/mol. The molecule has 0 saturated carbocycles. The summed E-state index contributed by atoms with van der Waals surface area (Å²) in [6.45, 7) is 4.49. The van der Waals surface area contributed by atoms with Gasteiger partial charge in [0.05, 0.1) is 12.2 Å². The van der Waals surface area contributed by atoms with Crippen molar-refractivity contribution in [2.75, 3.05) is 6.61 Å². The molecule has 1 heterocycles. The fourth-order valence-corrected chi connectivity index (χ4v) is 2.75. The fraction of sp³-hybridized carbons (Fsp3) is 0.222. The Balaban J connectivity index is 2.24. The highest BCUT2D eigenvalue weighted by atomic mass is 35.5. The van der Waals surface area contributed by atoms with E-state index in [0.717, 1.165) is 11.1 Å². The van der Waals surface area contributed by atoms with Crippen LogP contribution in [0.1, 0.15) is 24.2 Å². The maximum Gasteiger partial charge on any atom is 0.252 e. The molecule has 0 unspecified atom stereocenters. The Morgan fingerprint density at radius 1 is 1.23 bits per heavy atom. The number of rotatable bonds is 6. The van der Waals surface area contributed by atoms with Crippen LogP contribution in [0.15, 0.2) is 36.4 Å². The smallest absolute Gasteiger partial charge is 0.252 e. The first-order valence-corrected chi connectivity index (χ1v) is 8.44. The van der Waals surface area contributed by atoms with Crippen molar-refractivity contribution in [3.8, 4) is 28.3 Å². The van der Waals surface area contributed by atoms with Crippen LogP contribution >= 0.6 is 11.6 Å². The van der Waals surface area contributed by atoms with E-state index in [0.29, 0.717) is 28.8 Å². The summed E-state index contributed by atoms with van der Waals surface area (Å²) >= 11 is 6.38. The van der Waals surface area contributed by atoms with Crippen molar-refractivity contribution in [3.63, 3.8) is 0 Å². The van der Waals surface area contributed by atoms with Crippen LogP contribution < -0.4 is 10.5 Å². The molecule has 0 radical (unpaired) electrons. The molecule has 0 aliphatic heterocycles. The minimum atomic E-state index is -0.598. The molecule has 7 nitrogen and oxygen atoms in total. The van der Waals surface area contributed by atoms with Crippen LogP contribution in [-0.4, -0.2) is 33.1 Å². The largest absolute Gasteiger partial charge is 0.492 e. The molecule has 0 saturated heterocycles. The Bertz CT molecular complexity index is 925. The van der Waals surface area contributed by atoms with Crippen molar-refractivity contribution >= 4 is 17.5 Å². The first kappa shape index (κ1) is 17.9. The SMILES string of the molecule is CC(C)COc1cc(-c2ccccc2Cl)c(-c2nn[nH]n2)cc1C(N)=O. The molecule has 3 aromatic rings. The zero-order valence-electron chi connectivity index (χ0n) is 14.4. The molecule has 1 aromatic heterocycles. The van der Waals surface area contributed by atoms with Crippen LogP contribution in [0.25, 0.3) is 22.5 Å². The van der Waals surface area contributed by atoms with Gasteiger partial charge in [-0.05, 0) is 34.9 Å². The number of nitrogens with zero attached hydrogens (tertiary/aromatic N) is 3. The number of halogens is 1. The van der Waals surface area contributed by atoms with Gasteiger partial charge in [-0.25, -0.2) is 0 Å². The third-order valence-electron chi connectivity index (χ3n) is 3.71. The molecular formula is C18H18ClN5O2. The standard InChI is InChI=1S/C18H18ClN5O2/c1-10(2)9-26-16-8-12(11-5-3-4-6-15(11)19)13(7-14(16)17(20)25)18-21-23-24-22-18/h3-8,10H,9H2,1-2H3,(H2,20,25)(H,21,22,23,24). The number of carbonyl (C=O) groups is 1. The van der Waals surface area contributed by atoms with Gasteiger partial charge in [0.15, 0.2) is 0 Å². The van der Waals surface area contributed by atoms with Crippen LogP contribution in [0.2, 0.25) is 5.02 Å². The highest BCUT2D eigenvalue weighted by Crippen LogP contribution is 2.38. The number of hydrogen-bond donors (Lipinski definition) is 2. The highest BCUT2D eigenvalue weighted by Gasteiger charge is 2.20. The summed E-state index contributed by atoms with van der Waals surface area (Å²) in [7, 11) is 0. The van der Waals surface area contributed by atoms with Crippen molar-refractivity contribution in [2.45, 2.75) is 13.8 Å². The van der Waals surface area contributed by atoms with Crippen molar-refractivity contribution in [2.24, 2.45) is 11.7 Å². The predicted octanol–water partition coefficient (Wildman–Crippen LogP) is 3.32. The second-order valence-electron chi connectivity index (χ2n) is 6.18. The third kappa shape index (κ3) is 3.67. The summed E-state index contributed by atoms with van der Waals surface area (Å²) in [4.78, 5) is 12.0. The molecule has 1 amide bonds. The van der Waals surface area contributed by atoms with Gasteiger partial charge in [-0.2, -0.15) is 5.21 Å². The Hall–Kier alpha value is -2.93. The normalized spacial score (nSPS) is 10.9. The van der Waals surface area contributed by atoms with Gasteiger partial charge in [-0.3, -0.25) is 4.79 Å². The number of aromatic amines is 1. The van der Waals surface area contributed by atoms with Crippen LogP contribution in [-0.2, 0) is 0 Å². The van der Waals surface area contributed by atoms with Crippen LogP contribution in [0.5, 0.6) is 5.75 Å². The molecule has 0 aliphatic rings. The number of carbonyl (C=O) groups excluding carboxylic acids is 1. The molecule has 26 heavy (non-hydrogen) atoms. The maximum atomic E-state index is 12.0. The molecule has 3 N–H and O–H groups in total. The number of nitrogens with one attached hydrogen (secondary N) is 1. The number of nitrogens with two attached hydrogens (primary N) is 1. The number of ether oxygens (including phenoxy) is 1. The number of amides is 1. The molecule has 2 aromatic carbocycles. The van der Waals surface area contributed by atoms with Gasteiger partial charge in [0.25, 0.3) is 5.91 Å². The Morgan fingerprint density at radius 3 is 2.62 bits per heavy atom. The van der Waals surface area contributed by atoms with Gasteiger partial charge >= 0.3 is 0 Å². The van der Waals surface area contributed by atoms with E-state index >= 15 is 0 Å². The summed E-state index contributed by atoms with van der Waals surface area (Å²) in [5.41, 5.74) is 7.87. The summed E-state index contributed by atoms with van der Waals surface area (Å²) in [5, 5.41) is 14.6. The van der Waals surface area contributed by atoms with Crippen LogP contribution in [0.3, 0.4) is 0 Å². The topological polar surface area (TPSA) is 107 Å². The van der Waals surface area contributed by atoms with Gasteiger partial charge in [-0.15, -0.1) is 10.2 Å². The van der Waals surface area contributed by atoms with Crippen molar-refractivity contribution in [1.82, 2.24) is 20.6 Å². The number of benzene rings is 2. The lowest BCUT2D eigenvalue weighted by Gasteiger charge is -2.16. The van der Waals surface area contributed by atoms with E-state index in [1.807, 2.05) is 32.0 Å². The van der Waals surface area contributed by atoms with E-state index in [4.69, 9.17) is 22.1 Å². The number of tetrazole rings is 1. The molecule has 3 rings (SSSR count). The monoisotopic (exact) mass is 371 g/mol. The molecule has 134 valence electrons. The van der Waals surface area contributed by atoms with E-state index in [9.17, 15) is 4.79 Å². The van der Waals surface area contributed by atoms with Gasteiger partial charge in [-0.1, -0.05) is 43.6 Å². The van der Waals surface area contributed by atoms with Crippen molar-refractivity contribution < 1.29 is 9.53 Å². The lowest BCUT2D eigenvalue weighted by atomic mass is 9.96. The van der Waals surface area contributed by atoms with E-state index in [1.165, 1.54) is 0 Å². The molecule has 8 heteroatoms. The van der Waals surface area contributed by atoms with E-state index < -0.39 is 5.91 Å². The van der Waals surface area contributed by atoms with Crippen LogP contribution in [0.4, 0.5) is 0 Å². The number of hydrogen-bond acceptors (Lipinski definition) is 5. The summed E-state index contributed by atoms with van der Waals surface area (Å²) in [5.74, 6) is 0.418. The third-order valence-corrected chi connectivity index (χ3v) is 4.04. The summed E-state index contributed by atoms with van der Waals surface area (Å²) in [6, 6.07) is 10.7. The van der Waals surface area contributed by atoms with E-state index in [-0.39, 0.29) is 11.5 Å². The first-order chi connectivity index (χ1) is 12.5. The Labute approximate surface area is 155 Å². The second-order valence-corrected chi connectivity index (χ2v) is 6.59. The Morgan fingerprint density at radius 2 is 2.00 bits per heavy atom. The fourth-order valence-electron chi connectivity index (χ4n) is 2.51. The lowest BCUT2D eigenvalue weighted by molar-refractivity contribution is 0.0995. The molecule has 0 atom stereocenters. The summed E-state index contributed by atoms with van der Waals surface area (Å²) in [6.07, 6.45) is 0. The van der Waals surface area contributed by atoms with Gasteiger partial charge in [0, 0.05) is 16.1 Å². The predicted molar refractivity (Wildman–Crippen MR) is 98.9 cm³/mol. The van der Waals surface area contributed by atoms with E-state index in [2.05, 4.69) is 20.6 Å². The average Bonchev–Trinajstić information content (AvgIpc) is 3.14. The molecule has 0 spiro atoms. The minimum absolute atomic E-state index is 0.251. The number of primary amides is 1. The lowest BCUT2D eigenvalue weighted by Crippen LogP contribution is -2.15. The molecule has 0 bridgehead atoms. The first-order valence-electron chi connectivity index (χ1n) is 8.06. The quantitative estimate of drug-likeness (QED) is 0.691. The van der Waals surface area contributed by atoms with E-state index in [1.54, 1.807) is 18.2 Å². The van der Waals surface area contributed by atoms with Gasteiger partial charge in [0.2, 0.25) is 5.82 Å². The van der Waals surface area contributed by atoms with Crippen molar-refractivity contribution in [1.29, 1.82) is 0 Å². The number of aromatic nitrogens is 4. The molecular weight excluding hydrogens is 354 g/mol. The number of H-pyrrole nitrogens is 1. The minimum Gasteiger partial charge on any atom is -0.492 e. The van der Waals surface area contributed by atoms with Crippen LogP contribution in [0, 0.1) is 5.92 Å². The Kier molecular flexibility index (Phi) is 5.18. The second kappa shape index (κ2) is 7.53. The van der Waals surface area contributed by atoms with Crippen molar-refractivity contribution in [3.05, 3.63) is 47.0 Å². The zero-order chi connectivity index (χ0) is 18.7. The van der Waals surface area contributed by atoms with Gasteiger partial charge < -0.3 is 10.5 Å². The maximum absolute atomic E-state index is 12.0. The zero-order valence-corrected chi connectivity index (χ0v) is 15.1. The van der Waals surface area contributed by atoms with Gasteiger partial charge in [0.1, 0.15) is 5.75 Å². The summed E-state index contributed by atoms with van der Waals surface area (Å²) < 4.78 is 5.83. The molecule has 0 aliphatic carbocycles. The molecule has 0 fully saturated rings. The highest BCUT2D eigenvalue weighted by molar-refractivity contribution is 6.33.